The van der Waals surface area contributed by atoms with Crippen LogP contribution in [0.2, 0.25) is 0 Å². The summed E-state index contributed by atoms with van der Waals surface area (Å²) >= 11 is 6.74. The van der Waals surface area contributed by atoms with E-state index in [1.165, 1.54) is 31.6 Å². The number of nitrogens with zero attached hydrogens (tertiary/aromatic N) is 1. The van der Waals surface area contributed by atoms with Crippen LogP contribution in [0.25, 0.3) is 0 Å². The molecule has 8 heteroatoms. The molecule has 0 saturated heterocycles. The van der Waals surface area contributed by atoms with Crippen LogP contribution in [0.15, 0.2) is 50.2 Å². The lowest BCUT2D eigenvalue weighted by Crippen LogP contribution is -2.27. The van der Waals surface area contributed by atoms with Crippen LogP contribution < -0.4 is 9.47 Å². The number of halogens is 2. The van der Waals surface area contributed by atoms with Crippen molar-refractivity contribution in [3.8, 4) is 11.5 Å². The Morgan fingerprint density at radius 1 is 1.00 bits per heavy atom. The lowest BCUT2D eigenvalue weighted by Gasteiger charge is -2.20. The van der Waals surface area contributed by atoms with Crippen LogP contribution in [0.1, 0.15) is 5.56 Å². The number of sulfonamides is 1. The highest BCUT2D eigenvalue weighted by Gasteiger charge is 2.26. The van der Waals surface area contributed by atoms with Crippen molar-refractivity contribution in [2.75, 3.05) is 21.3 Å². The second-order valence-electron chi connectivity index (χ2n) is 4.99. The molecule has 130 valence electrons. The summed E-state index contributed by atoms with van der Waals surface area (Å²) in [7, 11) is 0.790. The van der Waals surface area contributed by atoms with E-state index in [1.54, 1.807) is 6.07 Å². The Morgan fingerprint density at radius 3 is 2.17 bits per heavy atom. The molecule has 5 nitrogen and oxygen atoms in total. The molecule has 0 heterocycles. The first-order chi connectivity index (χ1) is 11.3. The number of benzene rings is 2. The zero-order valence-corrected chi connectivity index (χ0v) is 17.4. The molecule has 0 amide bonds. The molecule has 0 fully saturated rings. The van der Waals surface area contributed by atoms with Crippen LogP contribution in [0.5, 0.6) is 11.5 Å². The smallest absolute Gasteiger partial charge is 0.244 e. The summed E-state index contributed by atoms with van der Waals surface area (Å²) in [4.78, 5) is 0.120. The fourth-order valence-electron chi connectivity index (χ4n) is 2.15. The lowest BCUT2D eigenvalue weighted by molar-refractivity contribution is 0.353. The number of rotatable bonds is 6. The predicted octanol–water partition coefficient (Wildman–Crippen LogP) is 4.05. The van der Waals surface area contributed by atoms with Gasteiger partial charge in [-0.15, -0.1) is 0 Å². The average molecular weight is 479 g/mol. The van der Waals surface area contributed by atoms with Crippen molar-refractivity contribution in [1.29, 1.82) is 0 Å². The Balaban J connectivity index is 2.41. The van der Waals surface area contributed by atoms with Crippen molar-refractivity contribution in [3.63, 3.8) is 0 Å². The monoisotopic (exact) mass is 477 g/mol. The average Bonchev–Trinajstić information content (AvgIpc) is 2.56. The second-order valence-corrected chi connectivity index (χ2v) is 8.71. The van der Waals surface area contributed by atoms with Gasteiger partial charge >= 0.3 is 0 Å². The maximum absolute atomic E-state index is 12.9. The van der Waals surface area contributed by atoms with Gasteiger partial charge in [-0.2, -0.15) is 4.31 Å². The van der Waals surface area contributed by atoms with Crippen LogP contribution in [0.4, 0.5) is 0 Å². The third kappa shape index (κ3) is 3.93. The molecular formula is C16H17Br2NO4S. The normalized spacial score (nSPS) is 11.6. The lowest BCUT2D eigenvalue weighted by atomic mass is 10.2. The number of hydrogen-bond donors (Lipinski definition) is 0. The molecule has 24 heavy (non-hydrogen) atoms. The Bertz CT molecular complexity index is 840. The molecule has 0 unspecified atom stereocenters. The van der Waals surface area contributed by atoms with Gasteiger partial charge in [-0.25, -0.2) is 8.42 Å². The molecular weight excluding hydrogens is 462 g/mol. The van der Waals surface area contributed by atoms with Crippen molar-refractivity contribution in [2.24, 2.45) is 0 Å². The summed E-state index contributed by atoms with van der Waals surface area (Å²) in [6, 6.07) is 10.5. The van der Waals surface area contributed by atoms with Gasteiger partial charge in [0.25, 0.3) is 0 Å². The Hall–Kier alpha value is -1.09. The van der Waals surface area contributed by atoms with Crippen LogP contribution in [-0.2, 0) is 16.6 Å². The third-order valence-corrected chi connectivity index (χ3v) is 7.01. The molecule has 2 rings (SSSR count). The molecule has 2 aromatic rings. The van der Waals surface area contributed by atoms with Crippen LogP contribution in [0, 0.1) is 0 Å². The van der Waals surface area contributed by atoms with Gasteiger partial charge in [0.2, 0.25) is 10.0 Å². The van der Waals surface area contributed by atoms with Gasteiger partial charge in [-0.05, 0) is 33.6 Å². The van der Waals surface area contributed by atoms with Crippen LogP contribution in [0.3, 0.4) is 0 Å². The first-order valence-corrected chi connectivity index (χ1v) is 9.95. The van der Waals surface area contributed by atoms with E-state index in [0.29, 0.717) is 16.0 Å². The zero-order chi connectivity index (χ0) is 17.9. The Kier molecular flexibility index (Phi) is 6.30. The molecule has 2 aromatic carbocycles. The van der Waals surface area contributed by atoms with E-state index in [1.807, 2.05) is 24.3 Å². The van der Waals surface area contributed by atoms with Crippen molar-refractivity contribution in [1.82, 2.24) is 4.31 Å². The topological polar surface area (TPSA) is 55.8 Å². The molecule has 0 aliphatic rings. The van der Waals surface area contributed by atoms with E-state index >= 15 is 0 Å². The predicted molar refractivity (Wildman–Crippen MR) is 100 cm³/mol. The Labute approximate surface area is 158 Å². The Morgan fingerprint density at radius 2 is 1.58 bits per heavy atom. The largest absolute Gasteiger partial charge is 0.493 e. The highest BCUT2D eigenvalue weighted by Crippen LogP contribution is 2.36. The van der Waals surface area contributed by atoms with Gasteiger partial charge in [0, 0.05) is 28.6 Å². The van der Waals surface area contributed by atoms with Crippen molar-refractivity contribution in [3.05, 3.63) is 50.9 Å². The first-order valence-electron chi connectivity index (χ1n) is 6.92. The fraction of sp³-hybridized carbons (Fsp3) is 0.250. The van der Waals surface area contributed by atoms with E-state index in [9.17, 15) is 8.42 Å². The molecule has 0 bridgehead atoms. The summed E-state index contributed by atoms with van der Waals surface area (Å²) in [5.41, 5.74) is 0.875. The molecule has 0 aromatic heterocycles. The van der Waals surface area contributed by atoms with Crippen molar-refractivity contribution in [2.45, 2.75) is 11.4 Å². The SMILES string of the molecule is COc1cc(Br)c(S(=O)(=O)N(C)Cc2ccccc2Br)cc1OC. The summed E-state index contributed by atoms with van der Waals surface area (Å²) < 4.78 is 38.8. The quantitative estimate of drug-likeness (QED) is 0.628. The minimum absolute atomic E-state index is 0.120. The zero-order valence-electron chi connectivity index (χ0n) is 13.4. The fourth-order valence-corrected chi connectivity index (χ4v) is 4.70. The summed E-state index contributed by atoms with van der Waals surface area (Å²) in [5, 5.41) is 0. The van der Waals surface area contributed by atoms with E-state index < -0.39 is 10.0 Å². The highest BCUT2D eigenvalue weighted by atomic mass is 79.9. The van der Waals surface area contributed by atoms with Gasteiger partial charge in [0.1, 0.15) is 4.90 Å². The van der Waals surface area contributed by atoms with Crippen LogP contribution in [-0.4, -0.2) is 34.0 Å². The van der Waals surface area contributed by atoms with E-state index in [4.69, 9.17) is 9.47 Å². The van der Waals surface area contributed by atoms with Gasteiger partial charge in [0.15, 0.2) is 11.5 Å². The van der Waals surface area contributed by atoms with Crippen LogP contribution >= 0.6 is 31.9 Å². The van der Waals surface area contributed by atoms with Gasteiger partial charge in [-0.3, -0.25) is 0 Å². The minimum Gasteiger partial charge on any atom is -0.493 e. The molecule has 0 saturated carbocycles. The highest BCUT2D eigenvalue weighted by molar-refractivity contribution is 9.10. The first kappa shape index (κ1) is 19.2. The number of ether oxygens (including phenoxy) is 2. The summed E-state index contributed by atoms with van der Waals surface area (Å²) in [5.74, 6) is 0.811. The number of methoxy groups -OCH3 is 2. The van der Waals surface area contributed by atoms with E-state index in [0.717, 1.165) is 10.0 Å². The standard InChI is InChI=1S/C16H17Br2NO4S/c1-19(10-11-6-4-5-7-12(11)17)24(20,21)16-9-15(23-3)14(22-2)8-13(16)18/h4-9H,10H2,1-3H3. The van der Waals surface area contributed by atoms with E-state index in [2.05, 4.69) is 31.9 Å². The third-order valence-electron chi connectivity index (χ3n) is 3.48. The minimum atomic E-state index is -3.71. The maximum atomic E-state index is 12.9. The molecule has 0 aliphatic heterocycles. The summed E-state index contributed by atoms with van der Waals surface area (Å²) in [6.45, 7) is 0.241. The molecule has 0 radical (unpaired) electrons. The van der Waals surface area contributed by atoms with Gasteiger partial charge < -0.3 is 9.47 Å². The summed E-state index contributed by atoms with van der Waals surface area (Å²) in [6.07, 6.45) is 0. The van der Waals surface area contributed by atoms with Crippen molar-refractivity contribution < 1.29 is 17.9 Å². The molecule has 0 spiro atoms. The van der Waals surface area contributed by atoms with Gasteiger partial charge in [-0.1, -0.05) is 34.1 Å². The van der Waals surface area contributed by atoms with Crippen molar-refractivity contribution >= 4 is 41.9 Å². The molecule has 0 atom stereocenters. The maximum Gasteiger partial charge on any atom is 0.244 e. The molecule has 0 aliphatic carbocycles. The van der Waals surface area contributed by atoms with Gasteiger partial charge in [0.05, 0.1) is 14.2 Å². The number of hydrogen-bond acceptors (Lipinski definition) is 4. The van der Waals surface area contributed by atoms with E-state index in [-0.39, 0.29) is 11.4 Å². The second kappa shape index (κ2) is 7.86. The molecule has 0 N–H and O–H groups in total.